The molecule has 2 rings (SSSR count). The van der Waals surface area contributed by atoms with Gasteiger partial charge < -0.3 is 15.8 Å². The van der Waals surface area contributed by atoms with Crippen LogP contribution in [0.1, 0.15) is 25.8 Å². The maximum Gasteiger partial charge on any atom is 0.173 e. The summed E-state index contributed by atoms with van der Waals surface area (Å²) in [6, 6.07) is 6.18. The predicted octanol–water partition coefficient (Wildman–Crippen LogP) is 2.36. The van der Waals surface area contributed by atoms with Crippen LogP contribution in [0.15, 0.2) is 23.4 Å². The molecule has 1 unspecified atom stereocenters. The van der Waals surface area contributed by atoms with E-state index < -0.39 is 0 Å². The van der Waals surface area contributed by atoms with E-state index in [0.29, 0.717) is 16.6 Å². The lowest BCUT2D eigenvalue weighted by atomic mass is 10.1. The SMILES string of the molecule is CCN(CC)C1CCN(c2cccc(Cl)c2C(N)=NO)C1. The van der Waals surface area contributed by atoms with Gasteiger partial charge in [-0.15, -0.1) is 0 Å². The van der Waals surface area contributed by atoms with E-state index in [9.17, 15) is 0 Å². The number of halogens is 1. The summed E-state index contributed by atoms with van der Waals surface area (Å²) >= 11 is 6.23. The molecular weight excluding hydrogens is 288 g/mol. The van der Waals surface area contributed by atoms with Crippen LogP contribution >= 0.6 is 11.6 Å². The largest absolute Gasteiger partial charge is 0.409 e. The molecule has 6 heteroatoms. The summed E-state index contributed by atoms with van der Waals surface area (Å²) in [5.41, 5.74) is 7.34. The first-order valence-corrected chi connectivity index (χ1v) is 7.75. The van der Waals surface area contributed by atoms with Gasteiger partial charge in [-0.3, -0.25) is 4.90 Å². The van der Waals surface area contributed by atoms with Crippen molar-refractivity contribution in [2.45, 2.75) is 26.3 Å². The number of anilines is 1. The molecule has 1 aromatic carbocycles. The van der Waals surface area contributed by atoms with Gasteiger partial charge >= 0.3 is 0 Å². The third-order valence-electron chi connectivity index (χ3n) is 4.19. The molecule has 0 bridgehead atoms. The van der Waals surface area contributed by atoms with Crippen molar-refractivity contribution in [3.8, 4) is 0 Å². The Hall–Kier alpha value is -1.46. The molecular formula is C15H23ClN4O. The van der Waals surface area contributed by atoms with Crippen molar-refractivity contribution < 1.29 is 5.21 Å². The van der Waals surface area contributed by atoms with E-state index in [4.69, 9.17) is 22.5 Å². The standard InChI is InChI=1S/C15H23ClN4O/c1-3-19(4-2)11-8-9-20(10-11)13-7-5-6-12(16)14(13)15(17)18-21/h5-7,11,21H,3-4,8-10H2,1-2H3,(H2,17,18). The number of nitrogens with two attached hydrogens (primary N) is 1. The van der Waals surface area contributed by atoms with E-state index in [-0.39, 0.29) is 5.84 Å². The number of nitrogens with zero attached hydrogens (tertiary/aromatic N) is 3. The van der Waals surface area contributed by atoms with Gasteiger partial charge in [0, 0.05) is 24.8 Å². The Bertz CT molecular complexity index is 516. The molecule has 0 aromatic heterocycles. The van der Waals surface area contributed by atoms with Gasteiger partial charge in [0.25, 0.3) is 0 Å². The molecule has 1 atom stereocenters. The fourth-order valence-corrected chi connectivity index (χ4v) is 3.34. The molecule has 0 spiro atoms. The molecule has 0 amide bonds. The third-order valence-corrected chi connectivity index (χ3v) is 4.50. The highest BCUT2D eigenvalue weighted by Gasteiger charge is 2.28. The number of hydrogen-bond acceptors (Lipinski definition) is 4. The summed E-state index contributed by atoms with van der Waals surface area (Å²) in [4.78, 5) is 4.73. The molecule has 5 nitrogen and oxygen atoms in total. The van der Waals surface area contributed by atoms with Crippen LogP contribution in [0.3, 0.4) is 0 Å². The van der Waals surface area contributed by atoms with Crippen LogP contribution < -0.4 is 10.6 Å². The first-order valence-electron chi connectivity index (χ1n) is 7.37. The normalized spacial score (nSPS) is 19.5. The second kappa shape index (κ2) is 7.00. The van der Waals surface area contributed by atoms with Crippen LogP contribution in [0.25, 0.3) is 0 Å². The molecule has 1 saturated heterocycles. The van der Waals surface area contributed by atoms with E-state index in [1.807, 2.05) is 12.1 Å². The van der Waals surface area contributed by atoms with Crippen molar-refractivity contribution in [2.75, 3.05) is 31.1 Å². The van der Waals surface area contributed by atoms with Crippen molar-refractivity contribution in [3.63, 3.8) is 0 Å². The van der Waals surface area contributed by atoms with Gasteiger partial charge in [-0.25, -0.2) is 0 Å². The Morgan fingerprint density at radius 2 is 2.19 bits per heavy atom. The number of likely N-dealkylation sites (N-methyl/N-ethyl adjacent to an activating group) is 1. The molecule has 3 N–H and O–H groups in total. The van der Waals surface area contributed by atoms with Crippen LogP contribution in [0.2, 0.25) is 5.02 Å². The Morgan fingerprint density at radius 1 is 1.48 bits per heavy atom. The Kier molecular flexibility index (Phi) is 5.31. The highest BCUT2D eigenvalue weighted by molar-refractivity contribution is 6.34. The Labute approximate surface area is 131 Å². The molecule has 0 aliphatic carbocycles. The topological polar surface area (TPSA) is 65.1 Å². The van der Waals surface area contributed by atoms with Gasteiger partial charge in [0.1, 0.15) is 0 Å². The fourth-order valence-electron chi connectivity index (χ4n) is 3.08. The highest BCUT2D eigenvalue weighted by atomic mass is 35.5. The van der Waals surface area contributed by atoms with Crippen molar-refractivity contribution >= 4 is 23.1 Å². The molecule has 1 fully saturated rings. The number of hydrogen-bond donors (Lipinski definition) is 2. The van der Waals surface area contributed by atoms with Crippen molar-refractivity contribution in [1.82, 2.24) is 4.90 Å². The van der Waals surface area contributed by atoms with Crippen LogP contribution in [0, 0.1) is 0 Å². The van der Waals surface area contributed by atoms with Gasteiger partial charge in [-0.05, 0) is 31.6 Å². The van der Waals surface area contributed by atoms with Crippen molar-refractivity contribution in [3.05, 3.63) is 28.8 Å². The summed E-state index contributed by atoms with van der Waals surface area (Å²) in [6.45, 7) is 8.37. The second-order valence-electron chi connectivity index (χ2n) is 5.23. The molecule has 1 aromatic rings. The highest BCUT2D eigenvalue weighted by Crippen LogP contribution is 2.30. The summed E-state index contributed by atoms with van der Waals surface area (Å²) in [7, 11) is 0. The smallest absolute Gasteiger partial charge is 0.173 e. The van der Waals surface area contributed by atoms with E-state index in [1.54, 1.807) is 6.07 Å². The van der Waals surface area contributed by atoms with Crippen LogP contribution in [-0.4, -0.2) is 48.2 Å². The maximum atomic E-state index is 8.97. The average molecular weight is 311 g/mol. The fraction of sp³-hybridized carbons (Fsp3) is 0.533. The van der Waals surface area contributed by atoms with E-state index >= 15 is 0 Å². The number of oxime groups is 1. The molecule has 1 aliphatic heterocycles. The van der Waals surface area contributed by atoms with Crippen LogP contribution in [0.4, 0.5) is 5.69 Å². The van der Waals surface area contributed by atoms with Crippen molar-refractivity contribution in [2.24, 2.45) is 10.9 Å². The maximum absolute atomic E-state index is 8.97. The number of rotatable bonds is 5. The number of amidine groups is 1. The Morgan fingerprint density at radius 3 is 2.81 bits per heavy atom. The lowest BCUT2D eigenvalue weighted by Gasteiger charge is -2.27. The van der Waals surface area contributed by atoms with E-state index in [1.165, 1.54) is 0 Å². The molecule has 116 valence electrons. The summed E-state index contributed by atoms with van der Waals surface area (Å²) in [6.07, 6.45) is 1.11. The minimum atomic E-state index is 0.0573. The van der Waals surface area contributed by atoms with E-state index in [0.717, 1.165) is 38.3 Å². The van der Waals surface area contributed by atoms with Gasteiger partial charge in [-0.2, -0.15) is 0 Å². The lowest BCUT2D eigenvalue weighted by Crippen LogP contribution is -2.37. The molecule has 1 heterocycles. The molecule has 0 saturated carbocycles. The third kappa shape index (κ3) is 3.24. The average Bonchev–Trinajstić information content (AvgIpc) is 2.97. The van der Waals surface area contributed by atoms with E-state index in [2.05, 4.69) is 28.8 Å². The van der Waals surface area contributed by atoms with Crippen LogP contribution in [-0.2, 0) is 0 Å². The van der Waals surface area contributed by atoms with Crippen molar-refractivity contribution in [1.29, 1.82) is 0 Å². The van der Waals surface area contributed by atoms with Gasteiger partial charge in [0.15, 0.2) is 5.84 Å². The quantitative estimate of drug-likeness (QED) is 0.379. The van der Waals surface area contributed by atoms with Crippen LogP contribution in [0.5, 0.6) is 0 Å². The van der Waals surface area contributed by atoms with Gasteiger partial charge in [0.2, 0.25) is 0 Å². The summed E-state index contributed by atoms with van der Waals surface area (Å²) in [5.74, 6) is 0.0573. The number of benzene rings is 1. The zero-order valence-electron chi connectivity index (χ0n) is 12.6. The zero-order chi connectivity index (χ0) is 15.4. The molecule has 0 radical (unpaired) electrons. The lowest BCUT2D eigenvalue weighted by molar-refractivity contribution is 0.232. The zero-order valence-corrected chi connectivity index (χ0v) is 13.3. The first-order chi connectivity index (χ1) is 10.1. The monoisotopic (exact) mass is 310 g/mol. The first kappa shape index (κ1) is 15.9. The summed E-state index contributed by atoms with van der Waals surface area (Å²) in [5, 5.41) is 12.6. The minimum absolute atomic E-state index is 0.0573. The van der Waals surface area contributed by atoms with Gasteiger partial charge in [-0.1, -0.05) is 36.7 Å². The van der Waals surface area contributed by atoms with Gasteiger partial charge in [0.05, 0.1) is 10.6 Å². The molecule has 21 heavy (non-hydrogen) atoms. The minimum Gasteiger partial charge on any atom is -0.409 e. The second-order valence-corrected chi connectivity index (χ2v) is 5.64. The predicted molar refractivity (Wildman–Crippen MR) is 87.5 cm³/mol. The Balaban J connectivity index is 2.26. The summed E-state index contributed by atoms with van der Waals surface area (Å²) < 4.78 is 0. The molecule has 1 aliphatic rings.